The highest BCUT2D eigenvalue weighted by atomic mass is 35.5. The molecule has 0 bridgehead atoms. The smallest absolute Gasteiger partial charge is 0.310 e. The van der Waals surface area contributed by atoms with Crippen LogP contribution in [0.3, 0.4) is 0 Å². The van der Waals surface area contributed by atoms with Crippen molar-refractivity contribution in [1.82, 2.24) is 5.32 Å². The largest absolute Gasteiger partial charge is 0.469 e. The maximum atomic E-state index is 12.7. The molecule has 1 amide bonds. The summed E-state index contributed by atoms with van der Waals surface area (Å²) in [6.45, 7) is 0.0277. The standard InChI is InChI=1S/C21H20Cl3NO4/c1-29-21(28)14(12-25-19(27)11-22)7-8-18(26)20-16(23)9-15(10-17(20)24)13-5-3-2-4-6-13/h2-6,9-10,14H,7-8,11-12H2,1H3,(H,25,27)/t14-/m0/s1. The molecule has 0 saturated heterocycles. The maximum absolute atomic E-state index is 12.7. The summed E-state index contributed by atoms with van der Waals surface area (Å²) in [5, 5.41) is 3.01. The van der Waals surface area contributed by atoms with Crippen molar-refractivity contribution in [1.29, 1.82) is 0 Å². The van der Waals surface area contributed by atoms with E-state index in [1.165, 1.54) is 7.11 Å². The lowest BCUT2D eigenvalue weighted by atomic mass is 9.96. The van der Waals surface area contributed by atoms with Crippen molar-refractivity contribution in [2.24, 2.45) is 5.92 Å². The van der Waals surface area contributed by atoms with E-state index in [9.17, 15) is 14.4 Å². The Kier molecular flexibility index (Phi) is 8.96. The number of amides is 1. The highest BCUT2D eigenvalue weighted by Gasteiger charge is 2.23. The van der Waals surface area contributed by atoms with E-state index in [0.717, 1.165) is 11.1 Å². The number of nitrogens with one attached hydrogen (secondary N) is 1. The molecule has 8 heteroatoms. The molecule has 0 aliphatic carbocycles. The van der Waals surface area contributed by atoms with Crippen LogP contribution in [-0.2, 0) is 14.3 Å². The van der Waals surface area contributed by atoms with Crippen molar-refractivity contribution in [2.75, 3.05) is 19.5 Å². The van der Waals surface area contributed by atoms with E-state index in [2.05, 4.69) is 5.32 Å². The van der Waals surface area contributed by atoms with Crippen LogP contribution < -0.4 is 5.32 Å². The molecule has 29 heavy (non-hydrogen) atoms. The Labute approximate surface area is 184 Å². The highest BCUT2D eigenvalue weighted by molar-refractivity contribution is 6.40. The van der Waals surface area contributed by atoms with Gasteiger partial charge in [-0.15, -0.1) is 11.6 Å². The number of esters is 1. The lowest BCUT2D eigenvalue weighted by Gasteiger charge is -2.15. The first kappa shape index (κ1) is 23.2. The molecule has 2 aromatic rings. The average molecular weight is 457 g/mol. The Bertz CT molecular complexity index is 864. The van der Waals surface area contributed by atoms with Gasteiger partial charge in [0.2, 0.25) is 5.91 Å². The average Bonchev–Trinajstić information content (AvgIpc) is 2.73. The number of ether oxygens (including phenoxy) is 1. The lowest BCUT2D eigenvalue weighted by Crippen LogP contribution is -2.34. The fraction of sp³-hybridized carbons (Fsp3) is 0.286. The summed E-state index contributed by atoms with van der Waals surface area (Å²) >= 11 is 18.1. The number of Topliss-reactive ketones (excluding diaryl/α,β-unsaturated/α-hetero) is 1. The molecule has 0 aromatic heterocycles. The monoisotopic (exact) mass is 455 g/mol. The number of methoxy groups -OCH3 is 1. The van der Waals surface area contributed by atoms with Crippen LogP contribution in [0.2, 0.25) is 10.0 Å². The normalized spacial score (nSPS) is 11.6. The van der Waals surface area contributed by atoms with E-state index in [0.29, 0.717) is 0 Å². The topological polar surface area (TPSA) is 72.5 Å². The number of rotatable bonds is 9. The van der Waals surface area contributed by atoms with E-state index in [1.54, 1.807) is 12.1 Å². The van der Waals surface area contributed by atoms with Crippen molar-refractivity contribution in [3.63, 3.8) is 0 Å². The van der Waals surface area contributed by atoms with Crippen LogP contribution in [0.4, 0.5) is 0 Å². The fourth-order valence-corrected chi connectivity index (χ4v) is 3.61. The van der Waals surface area contributed by atoms with Crippen molar-refractivity contribution in [2.45, 2.75) is 12.8 Å². The second-order valence-corrected chi connectivity index (χ2v) is 7.38. The highest BCUT2D eigenvalue weighted by Crippen LogP contribution is 2.33. The van der Waals surface area contributed by atoms with Gasteiger partial charge in [0.25, 0.3) is 0 Å². The molecular formula is C21H20Cl3NO4. The van der Waals surface area contributed by atoms with Crippen molar-refractivity contribution in [3.05, 3.63) is 58.1 Å². The quantitative estimate of drug-likeness (QED) is 0.335. The van der Waals surface area contributed by atoms with Crippen LogP contribution in [0.15, 0.2) is 42.5 Å². The predicted octanol–water partition coefficient (Wildman–Crippen LogP) is 4.77. The van der Waals surface area contributed by atoms with Gasteiger partial charge in [-0.3, -0.25) is 14.4 Å². The third-order valence-electron chi connectivity index (χ3n) is 4.35. The van der Waals surface area contributed by atoms with Gasteiger partial charge in [-0.2, -0.15) is 0 Å². The summed E-state index contributed by atoms with van der Waals surface area (Å²) in [5.41, 5.74) is 1.94. The second kappa shape index (κ2) is 11.2. The number of carbonyl (C=O) groups is 3. The molecule has 1 N–H and O–H groups in total. The molecule has 0 unspecified atom stereocenters. The van der Waals surface area contributed by atoms with Gasteiger partial charge in [-0.05, 0) is 29.7 Å². The number of benzene rings is 2. The SMILES string of the molecule is COC(=O)[C@@H](CCC(=O)c1c(Cl)cc(-c2ccccc2)cc1Cl)CNC(=O)CCl. The summed E-state index contributed by atoms with van der Waals surface area (Å²) < 4.78 is 4.74. The van der Waals surface area contributed by atoms with Gasteiger partial charge in [0.15, 0.2) is 5.78 Å². The minimum atomic E-state index is -0.683. The second-order valence-electron chi connectivity index (χ2n) is 6.30. The zero-order valence-electron chi connectivity index (χ0n) is 15.7. The van der Waals surface area contributed by atoms with Gasteiger partial charge in [0.1, 0.15) is 5.88 Å². The van der Waals surface area contributed by atoms with E-state index in [4.69, 9.17) is 39.5 Å². The molecule has 0 radical (unpaired) electrons. The number of carbonyl (C=O) groups excluding carboxylic acids is 3. The third-order valence-corrected chi connectivity index (χ3v) is 5.19. The van der Waals surface area contributed by atoms with Crippen LogP contribution in [-0.4, -0.2) is 37.2 Å². The molecule has 1 atom stereocenters. The first-order valence-electron chi connectivity index (χ1n) is 8.85. The molecule has 0 heterocycles. The van der Waals surface area contributed by atoms with Gasteiger partial charge in [-0.1, -0.05) is 53.5 Å². The number of ketones is 1. The zero-order chi connectivity index (χ0) is 21.4. The van der Waals surface area contributed by atoms with Crippen LogP contribution in [0.25, 0.3) is 11.1 Å². The zero-order valence-corrected chi connectivity index (χ0v) is 18.0. The molecule has 5 nitrogen and oxygen atoms in total. The van der Waals surface area contributed by atoms with Gasteiger partial charge in [0, 0.05) is 13.0 Å². The van der Waals surface area contributed by atoms with Crippen molar-refractivity contribution >= 4 is 52.5 Å². The van der Waals surface area contributed by atoms with Crippen LogP contribution in [0.5, 0.6) is 0 Å². The van der Waals surface area contributed by atoms with Crippen molar-refractivity contribution < 1.29 is 19.1 Å². The number of alkyl halides is 1. The van der Waals surface area contributed by atoms with Crippen molar-refractivity contribution in [3.8, 4) is 11.1 Å². The molecule has 2 aromatic carbocycles. The Balaban J connectivity index is 2.12. The van der Waals surface area contributed by atoms with E-state index >= 15 is 0 Å². The Morgan fingerprint density at radius 2 is 1.66 bits per heavy atom. The Hall–Kier alpha value is -2.08. The minimum Gasteiger partial charge on any atom is -0.469 e. The van der Waals surface area contributed by atoms with E-state index in [1.807, 2.05) is 30.3 Å². The van der Waals surface area contributed by atoms with Crippen LogP contribution in [0, 0.1) is 5.92 Å². The Morgan fingerprint density at radius 1 is 1.03 bits per heavy atom. The molecule has 0 fully saturated rings. The molecule has 0 saturated carbocycles. The molecule has 154 valence electrons. The first-order valence-corrected chi connectivity index (χ1v) is 10.1. The first-order chi connectivity index (χ1) is 13.9. The maximum Gasteiger partial charge on any atom is 0.310 e. The predicted molar refractivity (Wildman–Crippen MR) is 115 cm³/mol. The van der Waals surface area contributed by atoms with E-state index in [-0.39, 0.29) is 46.7 Å². The fourth-order valence-electron chi connectivity index (χ4n) is 2.82. The number of hydrogen-bond donors (Lipinski definition) is 1. The van der Waals surface area contributed by atoms with Gasteiger partial charge in [0.05, 0.1) is 28.6 Å². The number of halogens is 3. The molecular weight excluding hydrogens is 437 g/mol. The van der Waals surface area contributed by atoms with Gasteiger partial charge < -0.3 is 10.1 Å². The third kappa shape index (κ3) is 6.46. The summed E-state index contributed by atoms with van der Waals surface area (Å²) in [7, 11) is 1.25. The van der Waals surface area contributed by atoms with Crippen LogP contribution >= 0.6 is 34.8 Å². The molecule has 0 aliphatic rings. The van der Waals surface area contributed by atoms with E-state index < -0.39 is 17.8 Å². The molecule has 0 spiro atoms. The van der Waals surface area contributed by atoms with Gasteiger partial charge in [-0.25, -0.2) is 0 Å². The molecule has 0 aliphatic heterocycles. The molecule has 2 rings (SSSR count). The summed E-state index contributed by atoms with van der Waals surface area (Å²) in [6.07, 6.45) is 0.182. The Morgan fingerprint density at radius 3 is 2.21 bits per heavy atom. The summed E-state index contributed by atoms with van der Waals surface area (Å²) in [5.74, 6) is -2.13. The summed E-state index contributed by atoms with van der Waals surface area (Å²) in [4.78, 5) is 36.0. The number of hydrogen-bond acceptors (Lipinski definition) is 4. The lowest BCUT2D eigenvalue weighted by molar-refractivity contribution is -0.145. The minimum absolute atomic E-state index is 0.0145. The van der Waals surface area contributed by atoms with Gasteiger partial charge >= 0.3 is 5.97 Å². The van der Waals surface area contributed by atoms with Crippen LogP contribution in [0.1, 0.15) is 23.2 Å². The summed E-state index contributed by atoms with van der Waals surface area (Å²) in [6, 6.07) is 12.9.